The first-order chi connectivity index (χ1) is 8.22. The fraction of sp³-hybridized carbons (Fsp3) is 0.500. The van der Waals surface area contributed by atoms with E-state index in [9.17, 15) is 0 Å². The van der Waals surface area contributed by atoms with Crippen molar-refractivity contribution in [2.45, 2.75) is 18.9 Å². The molecule has 1 aliphatic heterocycles. The summed E-state index contributed by atoms with van der Waals surface area (Å²) in [5.41, 5.74) is 4.03. The van der Waals surface area contributed by atoms with Gasteiger partial charge in [0.15, 0.2) is 0 Å². The monoisotopic (exact) mass is 318 g/mol. The van der Waals surface area contributed by atoms with Crippen LogP contribution in [0.5, 0.6) is 0 Å². The van der Waals surface area contributed by atoms with E-state index in [4.69, 9.17) is 22.2 Å². The molecule has 1 heterocycles. The molecule has 0 bridgehead atoms. The highest BCUT2D eigenvalue weighted by Gasteiger charge is 2.25. The fourth-order valence-corrected chi connectivity index (χ4v) is 2.75. The van der Waals surface area contributed by atoms with Crippen LogP contribution in [0.4, 0.5) is 0 Å². The lowest BCUT2D eigenvalue weighted by Crippen LogP contribution is -2.37. The zero-order valence-corrected chi connectivity index (χ0v) is 11.8. The van der Waals surface area contributed by atoms with Crippen LogP contribution >= 0.6 is 27.5 Å². The molecule has 94 valence electrons. The summed E-state index contributed by atoms with van der Waals surface area (Å²) >= 11 is 9.43. The van der Waals surface area contributed by atoms with Gasteiger partial charge in [-0.2, -0.15) is 0 Å². The predicted octanol–water partition coefficient (Wildman–Crippen LogP) is 3.03. The molecule has 2 unspecified atom stereocenters. The molecule has 1 fully saturated rings. The summed E-state index contributed by atoms with van der Waals surface area (Å²) in [5, 5.41) is 0.712. The second-order valence-electron chi connectivity index (χ2n) is 4.30. The van der Waals surface area contributed by atoms with Crippen molar-refractivity contribution < 1.29 is 4.74 Å². The Balaban J connectivity index is 2.18. The standard InChI is InChI=1S/C12H16BrClN2O/c13-10-6-8(3-4-11(10)14)12(16-15)9-2-1-5-17-7-9/h3-4,6,9,12,16H,1-2,5,7,15H2. The molecule has 1 saturated heterocycles. The SMILES string of the molecule is NNC(c1ccc(Cl)c(Br)c1)C1CCCOC1. The second-order valence-corrected chi connectivity index (χ2v) is 5.56. The largest absolute Gasteiger partial charge is 0.381 e. The van der Waals surface area contributed by atoms with Gasteiger partial charge >= 0.3 is 0 Å². The number of hydrogen-bond acceptors (Lipinski definition) is 3. The molecule has 2 atom stereocenters. The minimum atomic E-state index is 0.115. The Labute approximate surface area is 115 Å². The van der Waals surface area contributed by atoms with Gasteiger partial charge in [0.2, 0.25) is 0 Å². The molecule has 0 radical (unpaired) electrons. The van der Waals surface area contributed by atoms with E-state index in [0.717, 1.165) is 36.1 Å². The Morgan fingerprint density at radius 2 is 2.35 bits per heavy atom. The molecule has 0 aliphatic carbocycles. The molecule has 2 rings (SSSR count). The van der Waals surface area contributed by atoms with E-state index in [1.165, 1.54) is 0 Å². The van der Waals surface area contributed by atoms with Crippen molar-refractivity contribution in [2.24, 2.45) is 11.8 Å². The van der Waals surface area contributed by atoms with E-state index >= 15 is 0 Å². The Morgan fingerprint density at radius 3 is 2.94 bits per heavy atom. The Hall–Kier alpha value is -0.130. The molecule has 0 spiro atoms. The molecule has 5 heteroatoms. The summed E-state index contributed by atoms with van der Waals surface area (Å²) in [5.74, 6) is 6.09. The normalized spacial score (nSPS) is 22.4. The van der Waals surface area contributed by atoms with Crippen LogP contribution in [0.25, 0.3) is 0 Å². The number of hydrogen-bond donors (Lipinski definition) is 2. The van der Waals surface area contributed by atoms with Crippen LogP contribution < -0.4 is 11.3 Å². The number of hydrazine groups is 1. The molecule has 17 heavy (non-hydrogen) atoms. The molecule has 0 aromatic heterocycles. The average Bonchev–Trinajstić information content (AvgIpc) is 2.36. The van der Waals surface area contributed by atoms with Crippen LogP contribution in [0, 0.1) is 5.92 Å². The van der Waals surface area contributed by atoms with Crippen LogP contribution in [0.15, 0.2) is 22.7 Å². The van der Waals surface area contributed by atoms with Gasteiger partial charge in [-0.05, 0) is 46.5 Å². The third kappa shape index (κ3) is 3.20. The summed E-state index contributed by atoms with van der Waals surface area (Å²) in [7, 11) is 0. The summed E-state index contributed by atoms with van der Waals surface area (Å²) in [6, 6.07) is 6.02. The third-order valence-corrected chi connectivity index (χ3v) is 4.36. The van der Waals surface area contributed by atoms with Crippen molar-refractivity contribution >= 4 is 27.5 Å². The highest BCUT2D eigenvalue weighted by atomic mass is 79.9. The number of benzene rings is 1. The van der Waals surface area contributed by atoms with Crippen LogP contribution in [0.3, 0.4) is 0 Å². The Kier molecular flexibility index (Phi) is 4.82. The van der Waals surface area contributed by atoms with Crippen molar-refractivity contribution in [3.63, 3.8) is 0 Å². The molecule has 0 saturated carbocycles. The van der Waals surface area contributed by atoms with Crippen LogP contribution in [-0.4, -0.2) is 13.2 Å². The first-order valence-corrected chi connectivity index (χ1v) is 6.88. The first kappa shape index (κ1) is 13.3. The Bertz CT molecular complexity index is 383. The third-order valence-electron chi connectivity index (χ3n) is 3.15. The fourth-order valence-electron chi connectivity index (χ4n) is 2.24. The van der Waals surface area contributed by atoms with Crippen LogP contribution in [0.1, 0.15) is 24.4 Å². The summed E-state index contributed by atoms with van der Waals surface area (Å²) in [6.45, 7) is 1.62. The lowest BCUT2D eigenvalue weighted by Gasteiger charge is -2.30. The lowest BCUT2D eigenvalue weighted by molar-refractivity contribution is 0.0390. The van der Waals surface area contributed by atoms with Gasteiger partial charge in [0, 0.05) is 17.0 Å². The van der Waals surface area contributed by atoms with Crippen molar-refractivity contribution in [2.75, 3.05) is 13.2 Å². The Morgan fingerprint density at radius 1 is 1.53 bits per heavy atom. The number of rotatable bonds is 3. The number of ether oxygens (including phenoxy) is 1. The predicted molar refractivity (Wildman–Crippen MR) is 72.8 cm³/mol. The topological polar surface area (TPSA) is 47.3 Å². The molecular formula is C12H16BrClN2O. The number of nitrogens with two attached hydrogens (primary N) is 1. The molecule has 1 aromatic carbocycles. The molecule has 3 nitrogen and oxygen atoms in total. The minimum Gasteiger partial charge on any atom is -0.381 e. The first-order valence-electron chi connectivity index (χ1n) is 5.71. The number of nitrogens with one attached hydrogen (secondary N) is 1. The quantitative estimate of drug-likeness (QED) is 0.665. The van der Waals surface area contributed by atoms with E-state index in [1.807, 2.05) is 18.2 Å². The van der Waals surface area contributed by atoms with Crippen LogP contribution in [-0.2, 0) is 4.74 Å². The molecular weight excluding hydrogens is 304 g/mol. The van der Waals surface area contributed by atoms with E-state index < -0.39 is 0 Å². The maximum absolute atomic E-state index is 5.99. The zero-order chi connectivity index (χ0) is 12.3. The number of halogens is 2. The molecule has 3 N–H and O–H groups in total. The summed E-state index contributed by atoms with van der Waals surface area (Å²) in [6.07, 6.45) is 2.23. The second kappa shape index (κ2) is 6.16. The molecule has 1 aromatic rings. The average molecular weight is 320 g/mol. The van der Waals surface area contributed by atoms with E-state index in [-0.39, 0.29) is 6.04 Å². The van der Waals surface area contributed by atoms with Gasteiger partial charge < -0.3 is 4.74 Å². The maximum Gasteiger partial charge on any atom is 0.0548 e. The van der Waals surface area contributed by atoms with Gasteiger partial charge in [-0.25, -0.2) is 0 Å². The van der Waals surface area contributed by atoms with Crippen molar-refractivity contribution in [1.82, 2.24) is 5.43 Å². The van der Waals surface area contributed by atoms with Gasteiger partial charge in [0.25, 0.3) is 0 Å². The van der Waals surface area contributed by atoms with Gasteiger partial charge in [0.1, 0.15) is 0 Å². The van der Waals surface area contributed by atoms with E-state index in [2.05, 4.69) is 21.4 Å². The van der Waals surface area contributed by atoms with Crippen molar-refractivity contribution in [3.05, 3.63) is 33.3 Å². The van der Waals surface area contributed by atoms with Gasteiger partial charge in [0.05, 0.1) is 17.7 Å². The van der Waals surface area contributed by atoms with E-state index in [1.54, 1.807) is 0 Å². The van der Waals surface area contributed by atoms with Gasteiger partial charge in [-0.15, -0.1) is 0 Å². The minimum absolute atomic E-state index is 0.115. The summed E-state index contributed by atoms with van der Waals surface area (Å²) in [4.78, 5) is 0. The maximum atomic E-state index is 5.99. The lowest BCUT2D eigenvalue weighted by atomic mass is 9.89. The molecule has 0 amide bonds. The highest BCUT2D eigenvalue weighted by molar-refractivity contribution is 9.10. The van der Waals surface area contributed by atoms with Crippen molar-refractivity contribution in [1.29, 1.82) is 0 Å². The van der Waals surface area contributed by atoms with Crippen molar-refractivity contribution in [3.8, 4) is 0 Å². The van der Waals surface area contributed by atoms with Crippen LogP contribution in [0.2, 0.25) is 5.02 Å². The highest BCUT2D eigenvalue weighted by Crippen LogP contribution is 2.32. The van der Waals surface area contributed by atoms with Gasteiger partial charge in [-0.1, -0.05) is 17.7 Å². The smallest absolute Gasteiger partial charge is 0.0548 e. The zero-order valence-electron chi connectivity index (χ0n) is 9.46. The summed E-state index contributed by atoms with van der Waals surface area (Å²) < 4.78 is 6.40. The van der Waals surface area contributed by atoms with E-state index in [0.29, 0.717) is 10.9 Å². The molecule has 1 aliphatic rings. The van der Waals surface area contributed by atoms with Gasteiger partial charge in [-0.3, -0.25) is 11.3 Å².